The molecule has 2 aromatic heterocycles. The first-order valence-corrected chi connectivity index (χ1v) is 5.23. The van der Waals surface area contributed by atoms with Gasteiger partial charge in [0.1, 0.15) is 0 Å². The van der Waals surface area contributed by atoms with Crippen molar-refractivity contribution < 1.29 is 4.42 Å². The Kier molecular flexibility index (Phi) is 3.14. The van der Waals surface area contributed by atoms with E-state index in [1.165, 1.54) is 0 Å². The van der Waals surface area contributed by atoms with E-state index < -0.39 is 0 Å². The van der Waals surface area contributed by atoms with Gasteiger partial charge in [-0.3, -0.25) is 4.98 Å². The number of hydrogen-bond donors (Lipinski definition) is 1. The van der Waals surface area contributed by atoms with Crippen LogP contribution in [0.3, 0.4) is 0 Å². The van der Waals surface area contributed by atoms with Crippen molar-refractivity contribution in [1.82, 2.24) is 15.2 Å². The molecule has 0 aliphatic heterocycles. The average Bonchev–Trinajstić information content (AvgIpc) is 2.76. The van der Waals surface area contributed by atoms with Crippen LogP contribution in [0.5, 0.6) is 0 Å². The van der Waals surface area contributed by atoms with Gasteiger partial charge in [0.2, 0.25) is 5.89 Å². The van der Waals surface area contributed by atoms with E-state index in [0.29, 0.717) is 18.5 Å². The summed E-state index contributed by atoms with van der Waals surface area (Å²) in [5, 5.41) is 10.9. The smallest absolute Gasteiger partial charge is 0.315 e. The number of aromatic nitrogens is 3. The summed E-state index contributed by atoms with van der Waals surface area (Å²) in [6, 6.07) is 6.20. The second-order valence-electron chi connectivity index (χ2n) is 3.77. The lowest BCUT2D eigenvalue weighted by atomic mass is 10.2. The van der Waals surface area contributed by atoms with Crippen molar-refractivity contribution in [1.29, 1.82) is 0 Å². The molecule has 0 atom stereocenters. The van der Waals surface area contributed by atoms with Crippen LogP contribution in [-0.2, 0) is 6.54 Å². The minimum atomic E-state index is 0.248. The van der Waals surface area contributed by atoms with Crippen molar-refractivity contribution >= 4 is 6.01 Å². The maximum absolute atomic E-state index is 5.41. The summed E-state index contributed by atoms with van der Waals surface area (Å²) in [5.74, 6) is 0.890. The molecule has 0 aliphatic rings. The standard InChI is InChI=1S/C11H14N4O/c1-8(2)10-14-15-11(16-10)13-7-9-5-3-4-6-12-9/h3-6,8H,7H2,1-2H3,(H,13,15). The van der Waals surface area contributed by atoms with Crippen molar-refractivity contribution in [3.63, 3.8) is 0 Å². The summed E-state index contributed by atoms with van der Waals surface area (Å²) in [6.45, 7) is 4.60. The molecule has 0 amide bonds. The van der Waals surface area contributed by atoms with Gasteiger partial charge in [-0.15, -0.1) is 5.10 Å². The highest BCUT2D eigenvalue weighted by atomic mass is 16.4. The first-order valence-electron chi connectivity index (χ1n) is 5.23. The molecule has 5 nitrogen and oxygen atoms in total. The molecule has 0 saturated heterocycles. The lowest BCUT2D eigenvalue weighted by Gasteiger charge is -2.00. The monoisotopic (exact) mass is 218 g/mol. The van der Waals surface area contributed by atoms with Gasteiger partial charge in [0.05, 0.1) is 12.2 Å². The second kappa shape index (κ2) is 4.74. The summed E-state index contributed by atoms with van der Waals surface area (Å²) < 4.78 is 5.41. The molecule has 0 fully saturated rings. The quantitative estimate of drug-likeness (QED) is 0.852. The summed E-state index contributed by atoms with van der Waals surface area (Å²) in [7, 11) is 0. The third-order valence-corrected chi connectivity index (χ3v) is 2.08. The fourth-order valence-corrected chi connectivity index (χ4v) is 1.21. The third-order valence-electron chi connectivity index (χ3n) is 2.08. The van der Waals surface area contributed by atoms with Crippen molar-refractivity contribution in [3.05, 3.63) is 36.0 Å². The van der Waals surface area contributed by atoms with Crippen LogP contribution >= 0.6 is 0 Å². The van der Waals surface area contributed by atoms with Gasteiger partial charge in [-0.1, -0.05) is 25.0 Å². The Hall–Kier alpha value is -1.91. The molecule has 16 heavy (non-hydrogen) atoms. The summed E-state index contributed by atoms with van der Waals surface area (Å²) in [6.07, 6.45) is 1.75. The van der Waals surface area contributed by atoms with Crippen molar-refractivity contribution in [2.24, 2.45) is 0 Å². The van der Waals surface area contributed by atoms with Gasteiger partial charge in [0.25, 0.3) is 0 Å². The van der Waals surface area contributed by atoms with Crippen LogP contribution in [-0.4, -0.2) is 15.2 Å². The van der Waals surface area contributed by atoms with Crippen LogP contribution in [0.4, 0.5) is 6.01 Å². The van der Waals surface area contributed by atoms with Crippen molar-refractivity contribution in [2.45, 2.75) is 26.3 Å². The topological polar surface area (TPSA) is 63.8 Å². The van der Waals surface area contributed by atoms with Crippen LogP contribution in [0.15, 0.2) is 28.8 Å². The zero-order chi connectivity index (χ0) is 11.4. The van der Waals surface area contributed by atoms with Gasteiger partial charge in [-0.25, -0.2) is 0 Å². The van der Waals surface area contributed by atoms with Crippen LogP contribution in [0.2, 0.25) is 0 Å². The third kappa shape index (κ3) is 2.56. The molecule has 2 heterocycles. The van der Waals surface area contributed by atoms with Crippen LogP contribution in [0.25, 0.3) is 0 Å². The maximum Gasteiger partial charge on any atom is 0.315 e. The van der Waals surface area contributed by atoms with Crippen molar-refractivity contribution in [3.8, 4) is 0 Å². The Bertz CT molecular complexity index is 438. The number of anilines is 1. The molecule has 2 aromatic rings. The number of hydrogen-bond acceptors (Lipinski definition) is 5. The first kappa shape index (κ1) is 10.6. The SMILES string of the molecule is CC(C)c1nnc(NCc2ccccn2)o1. The molecule has 0 aromatic carbocycles. The highest BCUT2D eigenvalue weighted by molar-refractivity contribution is 5.20. The Balaban J connectivity index is 1.95. The van der Waals surface area contributed by atoms with Crippen molar-refractivity contribution in [2.75, 3.05) is 5.32 Å². The first-order chi connectivity index (χ1) is 7.75. The van der Waals surface area contributed by atoms with E-state index in [-0.39, 0.29) is 5.92 Å². The van der Waals surface area contributed by atoms with Crippen LogP contribution in [0, 0.1) is 0 Å². The second-order valence-corrected chi connectivity index (χ2v) is 3.77. The minimum Gasteiger partial charge on any atom is -0.408 e. The van der Waals surface area contributed by atoms with E-state index in [9.17, 15) is 0 Å². The van der Waals surface area contributed by atoms with E-state index >= 15 is 0 Å². The van der Waals surface area contributed by atoms with Crippen LogP contribution < -0.4 is 5.32 Å². The van der Waals surface area contributed by atoms with E-state index in [1.54, 1.807) is 6.20 Å². The Labute approximate surface area is 93.9 Å². The van der Waals surface area contributed by atoms with Gasteiger partial charge in [-0.2, -0.15) is 0 Å². The molecule has 0 bridgehead atoms. The molecule has 5 heteroatoms. The van der Waals surface area contributed by atoms with Gasteiger partial charge >= 0.3 is 6.01 Å². The zero-order valence-electron chi connectivity index (χ0n) is 9.34. The maximum atomic E-state index is 5.41. The Morgan fingerprint density at radius 1 is 1.31 bits per heavy atom. The fraction of sp³-hybridized carbons (Fsp3) is 0.364. The Morgan fingerprint density at radius 3 is 2.81 bits per heavy atom. The number of pyridine rings is 1. The summed E-state index contributed by atoms with van der Waals surface area (Å²) in [5.41, 5.74) is 0.937. The van der Waals surface area contributed by atoms with Gasteiger partial charge in [0, 0.05) is 12.1 Å². The van der Waals surface area contributed by atoms with Crippen LogP contribution in [0.1, 0.15) is 31.4 Å². The highest BCUT2D eigenvalue weighted by Crippen LogP contribution is 2.14. The Morgan fingerprint density at radius 2 is 2.19 bits per heavy atom. The van der Waals surface area contributed by atoms with Gasteiger partial charge in [0.15, 0.2) is 0 Å². The average molecular weight is 218 g/mol. The fourth-order valence-electron chi connectivity index (χ4n) is 1.21. The molecular weight excluding hydrogens is 204 g/mol. The molecule has 0 spiro atoms. The summed E-state index contributed by atoms with van der Waals surface area (Å²) in [4.78, 5) is 4.18. The molecule has 2 rings (SSSR count). The predicted octanol–water partition coefficient (Wildman–Crippen LogP) is 2.20. The molecule has 1 N–H and O–H groups in total. The van der Waals surface area contributed by atoms with E-state index in [2.05, 4.69) is 20.5 Å². The molecule has 0 unspecified atom stereocenters. The summed E-state index contributed by atoms with van der Waals surface area (Å²) >= 11 is 0. The lowest BCUT2D eigenvalue weighted by Crippen LogP contribution is -2.01. The van der Waals surface area contributed by atoms with Gasteiger partial charge < -0.3 is 9.73 Å². The minimum absolute atomic E-state index is 0.248. The molecule has 0 aliphatic carbocycles. The van der Waals surface area contributed by atoms with Gasteiger partial charge in [-0.05, 0) is 12.1 Å². The molecule has 84 valence electrons. The number of rotatable bonds is 4. The zero-order valence-corrected chi connectivity index (χ0v) is 9.34. The van der Waals surface area contributed by atoms with E-state index in [1.807, 2.05) is 32.0 Å². The normalized spacial score (nSPS) is 10.7. The number of nitrogens with zero attached hydrogens (tertiary/aromatic N) is 3. The largest absolute Gasteiger partial charge is 0.408 e. The molecular formula is C11H14N4O. The highest BCUT2D eigenvalue weighted by Gasteiger charge is 2.08. The van der Waals surface area contributed by atoms with E-state index in [4.69, 9.17) is 4.42 Å². The van der Waals surface area contributed by atoms with E-state index in [0.717, 1.165) is 5.69 Å². The lowest BCUT2D eigenvalue weighted by molar-refractivity contribution is 0.480. The predicted molar refractivity (Wildman–Crippen MR) is 60.0 cm³/mol. The number of nitrogens with one attached hydrogen (secondary N) is 1. The molecule has 0 saturated carbocycles. The molecule has 0 radical (unpaired) electrons.